The van der Waals surface area contributed by atoms with Crippen LogP contribution in [-0.4, -0.2) is 59.5 Å². The van der Waals surface area contributed by atoms with Crippen molar-refractivity contribution in [2.45, 2.75) is 65.2 Å². The van der Waals surface area contributed by atoms with Crippen molar-refractivity contribution in [3.63, 3.8) is 0 Å². The fraction of sp³-hybridized carbons (Fsp3) is 0.522. The van der Waals surface area contributed by atoms with E-state index in [1.165, 1.54) is 7.11 Å². The van der Waals surface area contributed by atoms with Crippen LogP contribution in [0.4, 0.5) is 9.59 Å². The van der Waals surface area contributed by atoms with Crippen LogP contribution in [0, 0.1) is 0 Å². The van der Waals surface area contributed by atoms with Gasteiger partial charge in [0.25, 0.3) is 0 Å². The Kier molecular flexibility index (Phi) is 7.43. The Morgan fingerprint density at radius 2 is 1.53 bits per heavy atom. The molecule has 2 amide bonds. The summed E-state index contributed by atoms with van der Waals surface area (Å²) < 4.78 is 21.0. The van der Waals surface area contributed by atoms with Gasteiger partial charge in [0.1, 0.15) is 23.0 Å². The van der Waals surface area contributed by atoms with Gasteiger partial charge in [-0.3, -0.25) is 0 Å². The smallest absolute Gasteiger partial charge is 0.420 e. The Bertz CT molecular complexity index is 954. The molecule has 1 aromatic heterocycles. The number of hydrogen-bond acceptors (Lipinski definition) is 7. The van der Waals surface area contributed by atoms with E-state index in [1.54, 1.807) is 67.0 Å². The maximum absolute atomic E-state index is 13.0. The molecule has 1 heterocycles. The summed E-state index contributed by atoms with van der Waals surface area (Å²) in [5.74, 6) is -0.150. The molecule has 9 nitrogen and oxygen atoms in total. The predicted molar refractivity (Wildman–Crippen MR) is 119 cm³/mol. The summed E-state index contributed by atoms with van der Waals surface area (Å²) in [6.07, 6.45) is -0.306. The van der Waals surface area contributed by atoms with Crippen LogP contribution >= 0.6 is 0 Å². The number of nitrogens with zero attached hydrogens (tertiary/aromatic N) is 1. The lowest BCUT2D eigenvalue weighted by atomic mass is 10.0. The van der Waals surface area contributed by atoms with E-state index in [-0.39, 0.29) is 6.42 Å². The van der Waals surface area contributed by atoms with Crippen molar-refractivity contribution >= 4 is 29.1 Å². The number of aromatic amines is 1. The molecule has 0 aliphatic heterocycles. The van der Waals surface area contributed by atoms with Gasteiger partial charge in [-0.2, -0.15) is 4.90 Å². The summed E-state index contributed by atoms with van der Waals surface area (Å²) >= 11 is 0. The van der Waals surface area contributed by atoms with Crippen molar-refractivity contribution in [2.24, 2.45) is 0 Å². The normalized spacial score (nSPS) is 12.8. The number of methoxy groups -OCH3 is 2. The van der Waals surface area contributed by atoms with Crippen molar-refractivity contribution in [3.05, 3.63) is 30.0 Å². The fourth-order valence-electron chi connectivity index (χ4n) is 3.03. The van der Waals surface area contributed by atoms with Gasteiger partial charge >= 0.3 is 18.2 Å². The standard InChI is InChI=1S/C23H32N2O7/c1-22(2,3)31-20(27)25(21(28)32-23(4,5)6)18(19(26)30-8)11-14-13-24-17-10-9-15(29-7)12-16(14)17/h9-10,12-13,18,24H,11H2,1-8H3/t18-/m0/s1. The van der Waals surface area contributed by atoms with Crippen molar-refractivity contribution in [1.29, 1.82) is 0 Å². The van der Waals surface area contributed by atoms with Gasteiger partial charge < -0.3 is 23.9 Å². The molecule has 0 spiro atoms. The maximum Gasteiger partial charge on any atom is 0.420 e. The number of benzene rings is 1. The molecule has 0 bridgehead atoms. The highest BCUT2D eigenvalue weighted by atomic mass is 16.6. The summed E-state index contributed by atoms with van der Waals surface area (Å²) in [5.41, 5.74) is -0.296. The minimum absolute atomic E-state index is 0.0155. The zero-order chi connectivity index (χ0) is 24.3. The molecule has 0 aliphatic carbocycles. The molecule has 1 atom stereocenters. The third-order valence-electron chi connectivity index (χ3n) is 4.35. The number of fused-ring (bicyclic) bond motifs is 1. The minimum atomic E-state index is -1.31. The van der Waals surface area contributed by atoms with Gasteiger partial charge in [0.05, 0.1) is 14.2 Å². The minimum Gasteiger partial charge on any atom is -0.497 e. The number of hydrogen-bond donors (Lipinski definition) is 1. The lowest BCUT2D eigenvalue weighted by Gasteiger charge is -2.32. The second-order valence-electron chi connectivity index (χ2n) is 9.30. The zero-order valence-electron chi connectivity index (χ0n) is 19.9. The Labute approximate surface area is 187 Å². The highest BCUT2D eigenvalue weighted by molar-refractivity contribution is 5.95. The average molecular weight is 449 g/mol. The van der Waals surface area contributed by atoms with Gasteiger partial charge in [0, 0.05) is 23.5 Å². The highest BCUT2D eigenvalue weighted by Gasteiger charge is 2.41. The molecule has 2 aromatic rings. The van der Waals surface area contributed by atoms with Gasteiger partial charge in [-0.05, 0) is 65.3 Å². The van der Waals surface area contributed by atoms with Gasteiger partial charge in [-0.25, -0.2) is 14.4 Å². The van der Waals surface area contributed by atoms with Crippen molar-refractivity contribution < 1.29 is 33.3 Å². The number of rotatable bonds is 5. The first kappa shape index (κ1) is 25.0. The van der Waals surface area contributed by atoms with E-state index in [9.17, 15) is 14.4 Å². The molecular formula is C23H32N2O7. The number of ether oxygens (including phenoxy) is 4. The van der Waals surface area contributed by atoms with E-state index in [4.69, 9.17) is 18.9 Å². The van der Waals surface area contributed by atoms with Gasteiger partial charge in [-0.15, -0.1) is 0 Å². The quantitative estimate of drug-likeness (QED) is 0.532. The van der Waals surface area contributed by atoms with Crippen molar-refractivity contribution in [3.8, 4) is 5.75 Å². The topological polar surface area (TPSA) is 107 Å². The second kappa shape index (κ2) is 9.50. The molecule has 0 unspecified atom stereocenters. The van der Waals surface area contributed by atoms with Crippen molar-refractivity contribution in [2.75, 3.05) is 14.2 Å². The van der Waals surface area contributed by atoms with Gasteiger partial charge in [0.15, 0.2) is 0 Å². The first-order chi connectivity index (χ1) is 14.8. The van der Waals surface area contributed by atoms with E-state index in [0.717, 1.165) is 10.9 Å². The molecule has 2 rings (SSSR count). The summed E-state index contributed by atoms with van der Waals surface area (Å²) in [6, 6.07) is 4.13. The van der Waals surface area contributed by atoms with Gasteiger partial charge in [-0.1, -0.05) is 0 Å². The number of aromatic nitrogens is 1. The Morgan fingerprint density at radius 3 is 2.00 bits per heavy atom. The largest absolute Gasteiger partial charge is 0.497 e. The van der Waals surface area contributed by atoms with Crippen LogP contribution in [0.3, 0.4) is 0 Å². The molecule has 0 saturated carbocycles. The predicted octanol–water partition coefficient (Wildman–Crippen LogP) is 4.43. The number of carbonyl (C=O) groups is 3. The maximum atomic E-state index is 13.0. The van der Waals surface area contributed by atoms with E-state index in [0.29, 0.717) is 16.2 Å². The average Bonchev–Trinajstić information content (AvgIpc) is 3.05. The van der Waals surface area contributed by atoms with Crippen LogP contribution in [-0.2, 0) is 25.4 Å². The summed E-state index contributed by atoms with van der Waals surface area (Å²) in [7, 11) is 2.74. The number of carbonyl (C=O) groups excluding carboxylic acids is 3. The van der Waals surface area contributed by atoms with E-state index >= 15 is 0 Å². The third-order valence-corrected chi connectivity index (χ3v) is 4.35. The Morgan fingerprint density at radius 1 is 0.969 bits per heavy atom. The Balaban J connectivity index is 2.52. The number of imide groups is 1. The summed E-state index contributed by atoms with van der Waals surface area (Å²) in [4.78, 5) is 42.6. The molecule has 1 N–H and O–H groups in total. The number of nitrogens with one attached hydrogen (secondary N) is 1. The highest BCUT2D eigenvalue weighted by Crippen LogP contribution is 2.27. The van der Waals surface area contributed by atoms with E-state index in [2.05, 4.69) is 4.98 Å². The molecule has 1 aromatic carbocycles. The fourth-order valence-corrected chi connectivity index (χ4v) is 3.03. The summed E-state index contributed by atoms with van der Waals surface area (Å²) in [6.45, 7) is 9.98. The monoisotopic (exact) mass is 448 g/mol. The van der Waals surface area contributed by atoms with Crippen LogP contribution in [0.2, 0.25) is 0 Å². The SMILES string of the molecule is COC(=O)[C@H](Cc1c[nH]c2ccc(OC)cc12)N(C(=O)OC(C)(C)C)C(=O)OC(C)(C)C. The molecule has 0 aliphatic rings. The van der Waals surface area contributed by atoms with Crippen LogP contribution in [0.25, 0.3) is 10.9 Å². The number of esters is 1. The van der Waals surface area contributed by atoms with Crippen LogP contribution in [0.1, 0.15) is 47.1 Å². The first-order valence-electron chi connectivity index (χ1n) is 10.2. The van der Waals surface area contributed by atoms with E-state index < -0.39 is 35.4 Å². The number of amides is 2. The zero-order valence-corrected chi connectivity index (χ0v) is 19.9. The molecule has 9 heteroatoms. The molecule has 0 fully saturated rings. The van der Waals surface area contributed by atoms with E-state index in [1.807, 2.05) is 6.07 Å². The molecule has 32 heavy (non-hydrogen) atoms. The molecule has 0 radical (unpaired) electrons. The third kappa shape index (κ3) is 6.38. The molecular weight excluding hydrogens is 416 g/mol. The number of H-pyrrole nitrogens is 1. The Hall–Kier alpha value is -3.23. The van der Waals surface area contributed by atoms with Crippen molar-refractivity contribution in [1.82, 2.24) is 9.88 Å². The van der Waals surface area contributed by atoms with Crippen LogP contribution < -0.4 is 4.74 Å². The first-order valence-corrected chi connectivity index (χ1v) is 10.2. The summed E-state index contributed by atoms with van der Waals surface area (Å²) in [5, 5.41) is 0.784. The molecule has 176 valence electrons. The second-order valence-corrected chi connectivity index (χ2v) is 9.30. The van der Waals surface area contributed by atoms with Crippen LogP contribution in [0.5, 0.6) is 5.75 Å². The lowest BCUT2D eigenvalue weighted by molar-refractivity contribution is -0.146. The van der Waals surface area contributed by atoms with Crippen LogP contribution in [0.15, 0.2) is 24.4 Å². The molecule has 0 saturated heterocycles. The lowest BCUT2D eigenvalue weighted by Crippen LogP contribution is -2.53. The van der Waals surface area contributed by atoms with Gasteiger partial charge in [0.2, 0.25) is 0 Å².